The molecule has 3 nitrogen and oxygen atoms in total. The van der Waals surface area contributed by atoms with E-state index >= 15 is 0 Å². The van der Waals surface area contributed by atoms with Crippen LogP contribution < -0.4 is 4.90 Å². The van der Waals surface area contributed by atoms with Crippen molar-refractivity contribution in [2.75, 3.05) is 11.5 Å². The number of carbonyl (C=O) groups excluding carboxylic acids is 1. The first-order valence-corrected chi connectivity index (χ1v) is 8.07. The maximum atomic E-state index is 12.7. The van der Waals surface area contributed by atoms with E-state index in [1.165, 1.54) is 12.1 Å². The van der Waals surface area contributed by atoms with E-state index in [0.29, 0.717) is 25.1 Å². The fourth-order valence-corrected chi connectivity index (χ4v) is 3.09. The van der Waals surface area contributed by atoms with E-state index in [4.69, 9.17) is 4.74 Å². The minimum Gasteiger partial charge on any atom is -0.464 e. The Balaban J connectivity index is 1.86. The van der Waals surface area contributed by atoms with Gasteiger partial charge in [-0.05, 0) is 36.2 Å². The van der Waals surface area contributed by atoms with Gasteiger partial charge in [0.2, 0.25) is 0 Å². The van der Waals surface area contributed by atoms with Crippen molar-refractivity contribution >= 4 is 11.7 Å². The normalized spacial score (nSPS) is 16.6. The Kier molecular flexibility index (Phi) is 4.70. The van der Waals surface area contributed by atoms with Crippen molar-refractivity contribution in [3.05, 3.63) is 65.2 Å². The molecule has 3 rings (SSSR count). The van der Waals surface area contributed by atoms with Crippen LogP contribution in [0.4, 0.5) is 18.9 Å². The van der Waals surface area contributed by atoms with Crippen LogP contribution in [-0.2, 0) is 28.7 Å². The van der Waals surface area contributed by atoms with E-state index in [2.05, 4.69) is 0 Å². The topological polar surface area (TPSA) is 29.5 Å². The second kappa shape index (κ2) is 6.78. The van der Waals surface area contributed by atoms with Crippen molar-refractivity contribution in [2.45, 2.75) is 32.1 Å². The molecule has 1 aliphatic heterocycles. The maximum Gasteiger partial charge on any atom is 0.416 e. The zero-order valence-corrected chi connectivity index (χ0v) is 13.7. The molecule has 132 valence electrons. The number of esters is 1. The van der Waals surface area contributed by atoms with Crippen LogP contribution in [0.3, 0.4) is 0 Å². The molecule has 2 aromatic rings. The zero-order valence-electron chi connectivity index (χ0n) is 13.7. The first-order valence-electron chi connectivity index (χ1n) is 8.07. The molecule has 1 heterocycles. The average molecular weight is 349 g/mol. The predicted molar refractivity (Wildman–Crippen MR) is 88.2 cm³/mol. The number of benzene rings is 2. The van der Waals surface area contributed by atoms with Gasteiger partial charge in [0.05, 0.1) is 12.2 Å². The van der Waals surface area contributed by atoms with Gasteiger partial charge < -0.3 is 9.64 Å². The molecule has 1 unspecified atom stereocenters. The van der Waals surface area contributed by atoms with Crippen LogP contribution in [-0.4, -0.2) is 18.6 Å². The quantitative estimate of drug-likeness (QED) is 0.775. The minimum absolute atomic E-state index is 0.291. The highest BCUT2D eigenvalue weighted by atomic mass is 19.4. The first-order chi connectivity index (χ1) is 11.9. The summed E-state index contributed by atoms with van der Waals surface area (Å²) in [5.41, 5.74) is 1.98. The first kappa shape index (κ1) is 17.3. The molecule has 1 atom stereocenters. The smallest absolute Gasteiger partial charge is 0.416 e. The van der Waals surface area contributed by atoms with E-state index in [1.807, 2.05) is 29.2 Å². The number of hydrogen-bond acceptors (Lipinski definition) is 3. The van der Waals surface area contributed by atoms with E-state index in [0.717, 1.165) is 23.4 Å². The molecule has 1 aliphatic rings. The molecular formula is C19H18F3NO2. The Labute approximate surface area is 144 Å². The number of alkyl halides is 3. The fraction of sp³-hybridized carbons (Fsp3) is 0.316. The van der Waals surface area contributed by atoms with Gasteiger partial charge in [-0.3, -0.25) is 0 Å². The van der Waals surface area contributed by atoms with Gasteiger partial charge in [0.25, 0.3) is 0 Å². The van der Waals surface area contributed by atoms with Gasteiger partial charge in [0, 0.05) is 18.7 Å². The number of nitrogens with zero attached hydrogens (tertiary/aromatic N) is 1. The van der Waals surface area contributed by atoms with Gasteiger partial charge >= 0.3 is 12.1 Å². The predicted octanol–water partition coefficient (Wildman–Crippen LogP) is 4.20. The highest BCUT2D eigenvalue weighted by molar-refractivity contribution is 5.84. The van der Waals surface area contributed by atoms with Crippen LogP contribution >= 0.6 is 0 Å². The SMILES string of the molecule is CCOC(=O)C1Cc2ccccc2N1Cc1ccc(C(F)(F)F)cc1. The van der Waals surface area contributed by atoms with Crippen LogP contribution in [0.5, 0.6) is 0 Å². The van der Waals surface area contributed by atoms with Crippen molar-refractivity contribution in [1.29, 1.82) is 0 Å². The summed E-state index contributed by atoms with van der Waals surface area (Å²) in [5.74, 6) is -0.314. The Morgan fingerprint density at radius 1 is 1.16 bits per heavy atom. The Bertz CT molecular complexity index is 756. The molecule has 0 amide bonds. The van der Waals surface area contributed by atoms with Gasteiger partial charge in [-0.2, -0.15) is 13.2 Å². The third-order valence-electron chi connectivity index (χ3n) is 4.28. The van der Waals surface area contributed by atoms with Crippen molar-refractivity contribution < 1.29 is 22.7 Å². The molecule has 25 heavy (non-hydrogen) atoms. The van der Waals surface area contributed by atoms with Crippen LogP contribution in [0.25, 0.3) is 0 Å². The van der Waals surface area contributed by atoms with Gasteiger partial charge in [0.15, 0.2) is 0 Å². The number of halogens is 3. The lowest BCUT2D eigenvalue weighted by molar-refractivity contribution is -0.144. The summed E-state index contributed by atoms with van der Waals surface area (Å²) in [6, 6.07) is 12.2. The second-order valence-electron chi connectivity index (χ2n) is 5.92. The number of anilines is 1. The standard InChI is InChI=1S/C19H18F3NO2/c1-2-25-18(24)17-11-14-5-3-4-6-16(14)23(17)12-13-7-9-15(10-8-13)19(20,21)22/h3-10,17H,2,11-12H2,1H3. The molecule has 0 fully saturated rings. The zero-order chi connectivity index (χ0) is 18.0. The lowest BCUT2D eigenvalue weighted by Gasteiger charge is -2.26. The lowest BCUT2D eigenvalue weighted by atomic mass is 10.1. The van der Waals surface area contributed by atoms with E-state index in [9.17, 15) is 18.0 Å². The summed E-state index contributed by atoms with van der Waals surface area (Å²) in [4.78, 5) is 14.2. The highest BCUT2D eigenvalue weighted by Gasteiger charge is 2.35. The summed E-state index contributed by atoms with van der Waals surface area (Å²) in [6.07, 6.45) is -3.82. The molecular weight excluding hydrogens is 331 g/mol. The number of rotatable bonds is 4. The van der Waals surface area contributed by atoms with Crippen molar-refractivity contribution in [3.8, 4) is 0 Å². The summed E-state index contributed by atoms with van der Waals surface area (Å²) < 4.78 is 43.3. The Hall–Kier alpha value is -2.50. The number of carbonyl (C=O) groups is 1. The number of fused-ring (bicyclic) bond motifs is 1. The van der Waals surface area contributed by atoms with E-state index < -0.39 is 17.8 Å². The molecule has 2 aromatic carbocycles. The molecule has 0 spiro atoms. The molecule has 0 saturated heterocycles. The van der Waals surface area contributed by atoms with Crippen LogP contribution in [0, 0.1) is 0 Å². The maximum absolute atomic E-state index is 12.7. The van der Waals surface area contributed by atoms with Crippen molar-refractivity contribution in [3.63, 3.8) is 0 Å². The summed E-state index contributed by atoms with van der Waals surface area (Å²) >= 11 is 0. The second-order valence-corrected chi connectivity index (χ2v) is 5.92. The van der Waals surface area contributed by atoms with Gasteiger partial charge in [-0.25, -0.2) is 4.79 Å². The largest absolute Gasteiger partial charge is 0.464 e. The lowest BCUT2D eigenvalue weighted by Crippen LogP contribution is -2.39. The van der Waals surface area contributed by atoms with Crippen LogP contribution in [0.2, 0.25) is 0 Å². The summed E-state index contributed by atoms with van der Waals surface area (Å²) in [5, 5.41) is 0. The molecule has 0 bridgehead atoms. The minimum atomic E-state index is -4.35. The van der Waals surface area contributed by atoms with Gasteiger partial charge in [0.1, 0.15) is 6.04 Å². The van der Waals surface area contributed by atoms with Gasteiger partial charge in [-0.15, -0.1) is 0 Å². The molecule has 0 saturated carbocycles. The summed E-state index contributed by atoms with van der Waals surface area (Å²) in [6.45, 7) is 2.39. The molecule has 0 aromatic heterocycles. The Morgan fingerprint density at radius 3 is 2.48 bits per heavy atom. The van der Waals surface area contributed by atoms with Crippen molar-refractivity contribution in [1.82, 2.24) is 0 Å². The van der Waals surface area contributed by atoms with E-state index in [-0.39, 0.29) is 5.97 Å². The number of ether oxygens (including phenoxy) is 1. The molecule has 0 N–H and O–H groups in total. The fourth-order valence-electron chi connectivity index (χ4n) is 3.09. The third-order valence-corrected chi connectivity index (χ3v) is 4.28. The number of hydrogen-bond donors (Lipinski definition) is 0. The molecule has 0 aliphatic carbocycles. The Morgan fingerprint density at radius 2 is 1.84 bits per heavy atom. The highest BCUT2D eigenvalue weighted by Crippen LogP contribution is 2.34. The van der Waals surface area contributed by atoms with Crippen LogP contribution in [0.1, 0.15) is 23.6 Å². The summed E-state index contributed by atoms with van der Waals surface area (Å²) in [7, 11) is 0. The molecule has 0 radical (unpaired) electrons. The monoisotopic (exact) mass is 349 g/mol. The van der Waals surface area contributed by atoms with E-state index in [1.54, 1.807) is 6.92 Å². The number of para-hydroxylation sites is 1. The van der Waals surface area contributed by atoms with Gasteiger partial charge in [-0.1, -0.05) is 30.3 Å². The average Bonchev–Trinajstić information content (AvgIpc) is 2.94. The third kappa shape index (κ3) is 3.62. The molecule has 6 heteroatoms. The van der Waals surface area contributed by atoms with Crippen molar-refractivity contribution in [2.24, 2.45) is 0 Å². The van der Waals surface area contributed by atoms with Crippen LogP contribution in [0.15, 0.2) is 48.5 Å².